The lowest BCUT2D eigenvalue weighted by Gasteiger charge is -2.34. The largest absolute Gasteiger partial charge is 0.348 e. The van der Waals surface area contributed by atoms with E-state index in [4.69, 9.17) is 9.47 Å². The van der Waals surface area contributed by atoms with Crippen molar-refractivity contribution in [3.63, 3.8) is 0 Å². The van der Waals surface area contributed by atoms with E-state index in [0.717, 1.165) is 18.8 Å². The van der Waals surface area contributed by atoms with Gasteiger partial charge < -0.3 is 9.47 Å². The summed E-state index contributed by atoms with van der Waals surface area (Å²) in [5, 5.41) is 4.12. The zero-order valence-electron chi connectivity index (χ0n) is 7.95. The van der Waals surface area contributed by atoms with Gasteiger partial charge in [-0.1, -0.05) is 13.8 Å². The van der Waals surface area contributed by atoms with E-state index in [-0.39, 0.29) is 11.7 Å². The standard InChI is InChI=1S/C10H14O2S/c1-10(2)6-11-9(12-7-10)8-3-4-13-5-8/h3-5,9H,6-7H2,1-2H3. The third-order valence-electron chi connectivity index (χ3n) is 2.07. The maximum Gasteiger partial charge on any atom is 0.184 e. The highest BCUT2D eigenvalue weighted by molar-refractivity contribution is 7.07. The Hall–Kier alpha value is -0.380. The molecule has 0 aliphatic carbocycles. The van der Waals surface area contributed by atoms with Gasteiger partial charge in [0.2, 0.25) is 0 Å². The molecule has 0 saturated carbocycles. The second-order valence-corrected chi connectivity index (χ2v) is 4.95. The molecule has 72 valence electrons. The van der Waals surface area contributed by atoms with Crippen molar-refractivity contribution in [1.82, 2.24) is 0 Å². The van der Waals surface area contributed by atoms with Gasteiger partial charge >= 0.3 is 0 Å². The minimum Gasteiger partial charge on any atom is -0.348 e. The normalized spacial score (nSPS) is 23.2. The molecular formula is C10H14O2S. The first-order chi connectivity index (χ1) is 6.17. The quantitative estimate of drug-likeness (QED) is 0.691. The van der Waals surface area contributed by atoms with Gasteiger partial charge in [0, 0.05) is 11.0 Å². The molecule has 2 rings (SSSR count). The average Bonchev–Trinajstić information content (AvgIpc) is 2.56. The lowest BCUT2D eigenvalue weighted by Crippen LogP contribution is -2.33. The number of hydrogen-bond acceptors (Lipinski definition) is 3. The Morgan fingerprint density at radius 3 is 2.62 bits per heavy atom. The highest BCUT2D eigenvalue weighted by atomic mass is 32.1. The van der Waals surface area contributed by atoms with Crippen LogP contribution in [-0.2, 0) is 9.47 Å². The first kappa shape index (κ1) is 9.19. The van der Waals surface area contributed by atoms with Crippen LogP contribution in [-0.4, -0.2) is 13.2 Å². The van der Waals surface area contributed by atoms with Crippen LogP contribution in [0.5, 0.6) is 0 Å². The van der Waals surface area contributed by atoms with Gasteiger partial charge in [0.05, 0.1) is 13.2 Å². The van der Waals surface area contributed by atoms with E-state index < -0.39 is 0 Å². The second-order valence-electron chi connectivity index (χ2n) is 4.17. The summed E-state index contributed by atoms with van der Waals surface area (Å²) in [5.41, 5.74) is 1.30. The molecule has 0 aromatic carbocycles. The van der Waals surface area contributed by atoms with Gasteiger partial charge in [-0.3, -0.25) is 0 Å². The number of thiophene rings is 1. The second kappa shape index (κ2) is 3.40. The van der Waals surface area contributed by atoms with Gasteiger partial charge in [-0.25, -0.2) is 0 Å². The van der Waals surface area contributed by atoms with Crippen LogP contribution in [0, 0.1) is 5.41 Å². The molecule has 0 amide bonds. The third kappa shape index (κ3) is 2.10. The molecule has 3 heteroatoms. The third-order valence-corrected chi connectivity index (χ3v) is 2.77. The molecule has 1 aromatic heterocycles. The predicted molar refractivity (Wildman–Crippen MR) is 52.7 cm³/mol. The maximum absolute atomic E-state index is 5.62. The van der Waals surface area contributed by atoms with Gasteiger partial charge in [-0.2, -0.15) is 11.3 Å². The van der Waals surface area contributed by atoms with Crippen molar-refractivity contribution in [1.29, 1.82) is 0 Å². The summed E-state index contributed by atoms with van der Waals surface area (Å²) >= 11 is 1.67. The molecule has 0 unspecified atom stereocenters. The predicted octanol–water partition coefficient (Wildman–Crippen LogP) is 2.82. The molecule has 2 heterocycles. The molecular weight excluding hydrogens is 184 g/mol. The molecule has 13 heavy (non-hydrogen) atoms. The molecule has 0 radical (unpaired) electrons. The van der Waals surface area contributed by atoms with E-state index in [0.29, 0.717) is 0 Å². The van der Waals surface area contributed by atoms with Crippen LogP contribution >= 0.6 is 11.3 Å². The molecule has 1 fully saturated rings. The van der Waals surface area contributed by atoms with Crippen molar-refractivity contribution in [2.75, 3.05) is 13.2 Å². The van der Waals surface area contributed by atoms with E-state index in [1.165, 1.54) is 0 Å². The molecule has 1 saturated heterocycles. The van der Waals surface area contributed by atoms with Crippen molar-refractivity contribution >= 4 is 11.3 Å². The van der Waals surface area contributed by atoms with Gasteiger partial charge in [0.15, 0.2) is 6.29 Å². The molecule has 1 aliphatic rings. The highest BCUT2D eigenvalue weighted by Crippen LogP contribution is 2.31. The molecule has 0 N–H and O–H groups in total. The Labute approximate surface area is 82.5 Å². The first-order valence-electron chi connectivity index (χ1n) is 4.43. The first-order valence-corrected chi connectivity index (χ1v) is 5.37. The zero-order valence-corrected chi connectivity index (χ0v) is 8.76. The summed E-state index contributed by atoms with van der Waals surface area (Å²) < 4.78 is 11.2. The van der Waals surface area contributed by atoms with Gasteiger partial charge in [0.1, 0.15) is 0 Å². The minimum atomic E-state index is -0.140. The van der Waals surface area contributed by atoms with E-state index in [2.05, 4.69) is 19.2 Å². The summed E-state index contributed by atoms with van der Waals surface area (Å²) in [6.45, 7) is 5.84. The average molecular weight is 198 g/mol. The van der Waals surface area contributed by atoms with E-state index in [1.54, 1.807) is 11.3 Å². The van der Waals surface area contributed by atoms with Crippen molar-refractivity contribution < 1.29 is 9.47 Å². The smallest absolute Gasteiger partial charge is 0.184 e. The van der Waals surface area contributed by atoms with Crippen LogP contribution in [0.15, 0.2) is 16.8 Å². The Morgan fingerprint density at radius 2 is 2.08 bits per heavy atom. The van der Waals surface area contributed by atoms with Crippen molar-refractivity contribution in [3.05, 3.63) is 22.4 Å². The Bertz CT molecular complexity index is 256. The number of hydrogen-bond donors (Lipinski definition) is 0. The Balaban J connectivity index is 1.99. The fourth-order valence-corrected chi connectivity index (χ4v) is 1.95. The van der Waals surface area contributed by atoms with Crippen LogP contribution in [0.25, 0.3) is 0 Å². The Morgan fingerprint density at radius 1 is 1.38 bits per heavy atom. The maximum atomic E-state index is 5.62. The summed E-state index contributed by atoms with van der Waals surface area (Å²) in [6.07, 6.45) is -0.140. The van der Waals surface area contributed by atoms with E-state index in [1.807, 2.05) is 11.4 Å². The lowest BCUT2D eigenvalue weighted by molar-refractivity contribution is -0.226. The van der Waals surface area contributed by atoms with Crippen LogP contribution < -0.4 is 0 Å². The fourth-order valence-electron chi connectivity index (χ4n) is 1.29. The van der Waals surface area contributed by atoms with Crippen molar-refractivity contribution in [2.45, 2.75) is 20.1 Å². The van der Waals surface area contributed by atoms with Crippen LogP contribution in [0.3, 0.4) is 0 Å². The topological polar surface area (TPSA) is 18.5 Å². The highest BCUT2D eigenvalue weighted by Gasteiger charge is 2.29. The fraction of sp³-hybridized carbons (Fsp3) is 0.600. The van der Waals surface area contributed by atoms with Crippen molar-refractivity contribution in [3.8, 4) is 0 Å². The van der Waals surface area contributed by atoms with E-state index in [9.17, 15) is 0 Å². The van der Waals surface area contributed by atoms with Crippen LogP contribution in [0.1, 0.15) is 25.7 Å². The molecule has 1 aromatic rings. The molecule has 1 aliphatic heterocycles. The lowest BCUT2D eigenvalue weighted by atomic mass is 9.95. The summed E-state index contributed by atoms with van der Waals surface area (Å²) in [6, 6.07) is 2.05. The zero-order chi connectivity index (χ0) is 9.31. The number of ether oxygens (including phenoxy) is 2. The molecule has 0 bridgehead atoms. The van der Waals surface area contributed by atoms with Gasteiger partial charge in [-0.05, 0) is 16.8 Å². The molecule has 2 nitrogen and oxygen atoms in total. The van der Waals surface area contributed by atoms with Gasteiger partial charge in [0.25, 0.3) is 0 Å². The van der Waals surface area contributed by atoms with Gasteiger partial charge in [-0.15, -0.1) is 0 Å². The Kier molecular flexibility index (Phi) is 2.41. The van der Waals surface area contributed by atoms with E-state index >= 15 is 0 Å². The summed E-state index contributed by atoms with van der Waals surface area (Å²) in [4.78, 5) is 0. The summed E-state index contributed by atoms with van der Waals surface area (Å²) in [7, 11) is 0. The molecule has 0 atom stereocenters. The summed E-state index contributed by atoms with van der Waals surface area (Å²) in [5.74, 6) is 0. The minimum absolute atomic E-state index is 0.140. The van der Waals surface area contributed by atoms with Crippen LogP contribution in [0.2, 0.25) is 0 Å². The monoisotopic (exact) mass is 198 g/mol. The number of rotatable bonds is 1. The van der Waals surface area contributed by atoms with Crippen molar-refractivity contribution in [2.24, 2.45) is 5.41 Å². The van der Waals surface area contributed by atoms with Crippen LogP contribution in [0.4, 0.5) is 0 Å². The SMILES string of the molecule is CC1(C)COC(c2ccsc2)OC1. The molecule has 0 spiro atoms.